The summed E-state index contributed by atoms with van der Waals surface area (Å²) in [6.07, 6.45) is 3.63. The van der Waals surface area contributed by atoms with Gasteiger partial charge in [-0.3, -0.25) is 0 Å². The van der Waals surface area contributed by atoms with Crippen LogP contribution in [0.3, 0.4) is 0 Å². The van der Waals surface area contributed by atoms with Crippen molar-refractivity contribution in [3.05, 3.63) is 53.1 Å². The van der Waals surface area contributed by atoms with Gasteiger partial charge in [-0.25, -0.2) is 4.79 Å². The van der Waals surface area contributed by atoms with Crippen molar-refractivity contribution < 1.29 is 9.90 Å². The van der Waals surface area contributed by atoms with Gasteiger partial charge >= 0.3 is 5.97 Å². The zero-order chi connectivity index (χ0) is 12.1. The number of benzene rings is 1. The molecule has 0 saturated carbocycles. The highest BCUT2D eigenvalue weighted by molar-refractivity contribution is 5.85. The molecular formula is C14H16O2. The Morgan fingerprint density at radius 1 is 1.50 bits per heavy atom. The van der Waals surface area contributed by atoms with Crippen molar-refractivity contribution in [3.63, 3.8) is 0 Å². The molecule has 0 saturated heterocycles. The minimum absolute atomic E-state index is 0.865. The molecular weight excluding hydrogens is 200 g/mol. The number of carbonyl (C=O) groups is 1. The first-order valence-electron chi connectivity index (χ1n) is 5.14. The van der Waals surface area contributed by atoms with Gasteiger partial charge in [0, 0.05) is 6.08 Å². The molecule has 0 radical (unpaired) electrons. The fourth-order valence-corrected chi connectivity index (χ4v) is 1.54. The van der Waals surface area contributed by atoms with E-state index in [2.05, 4.69) is 12.6 Å². The van der Waals surface area contributed by atoms with Crippen molar-refractivity contribution in [2.24, 2.45) is 0 Å². The monoisotopic (exact) mass is 216 g/mol. The van der Waals surface area contributed by atoms with Crippen molar-refractivity contribution in [1.82, 2.24) is 0 Å². The molecule has 2 heteroatoms. The number of carboxylic acids is 1. The highest BCUT2D eigenvalue weighted by Gasteiger charge is 1.98. The molecule has 16 heavy (non-hydrogen) atoms. The molecule has 0 aliphatic heterocycles. The summed E-state index contributed by atoms with van der Waals surface area (Å²) in [6, 6.07) is 6.01. The number of rotatable bonds is 4. The number of aliphatic carboxylic acids is 1. The fourth-order valence-electron chi connectivity index (χ4n) is 1.54. The lowest BCUT2D eigenvalue weighted by molar-refractivity contribution is -0.131. The quantitative estimate of drug-likeness (QED) is 0.619. The van der Waals surface area contributed by atoms with Crippen LogP contribution in [-0.4, -0.2) is 11.1 Å². The van der Waals surface area contributed by atoms with Gasteiger partial charge in [0.25, 0.3) is 0 Å². The van der Waals surface area contributed by atoms with Gasteiger partial charge < -0.3 is 5.11 Å². The topological polar surface area (TPSA) is 37.3 Å². The number of aryl methyl sites for hydroxylation is 1. The van der Waals surface area contributed by atoms with Crippen LogP contribution < -0.4 is 0 Å². The standard InChI is InChI=1S/C14H16O2/c1-10(2)8-12-4-5-13(11(3)9-12)6-7-14(15)16/h4-7,9H,1,8H2,2-3H3,(H,15,16)/b7-6+. The van der Waals surface area contributed by atoms with Crippen LogP contribution in [0.25, 0.3) is 6.08 Å². The van der Waals surface area contributed by atoms with Crippen LogP contribution in [0.5, 0.6) is 0 Å². The zero-order valence-electron chi connectivity index (χ0n) is 9.66. The summed E-state index contributed by atoms with van der Waals surface area (Å²) in [5, 5.41) is 8.54. The van der Waals surface area contributed by atoms with E-state index in [1.54, 1.807) is 6.08 Å². The molecule has 0 amide bonds. The van der Waals surface area contributed by atoms with Crippen LogP contribution in [-0.2, 0) is 11.2 Å². The van der Waals surface area contributed by atoms with E-state index in [9.17, 15) is 4.79 Å². The Bertz CT molecular complexity index is 442. The SMILES string of the molecule is C=C(C)Cc1ccc(/C=C/C(=O)O)c(C)c1. The van der Waals surface area contributed by atoms with E-state index < -0.39 is 5.97 Å². The third-order valence-corrected chi connectivity index (χ3v) is 2.25. The van der Waals surface area contributed by atoms with Crippen LogP contribution in [0.4, 0.5) is 0 Å². The second-order valence-corrected chi connectivity index (χ2v) is 4.00. The van der Waals surface area contributed by atoms with Crippen molar-refractivity contribution in [2.75, 3.05) is 0 Å². The number of hydrogen-bond donors (Lipinski definition) is 1. The average Bonchev–Trinajstić information content (AvgIpc) is 2.15. The van der Waals surface area contributed by atoms with E-state index in [0.29, 0.717) is 0 Å². The molecule has 1 aromatic rings. The van der Waals surface area contributed by atoms with Crippen molar-refractivity contribution in [1.29, 1.82) is 0 Å². The Hall–Kier alpha value is -1.83. The molecule has 0 unspecified atom stereocenters. The lowest BCUT2D eigenvalue weighted by Gasteiger charge is -2.05. The van der Waals surface area contributed by atoms with E-state index in [4.69, 9.17) is 5.11 Å². The summed E-state index contributed by atoms with van der Waals surface area (Å²) >= 11 is 0. The normalized spacial score (nSPS) is 10.6. The maximum atomic E-state index is 10.4. The molecule has 0 aliphatic rings. The van der Waals surface area contributed by atoms with Gasteiger partial charge in [-0.1, -0.05) is 30.4 Å². The minimum Gasteiger partial charge on any atom is -0.478 e. The fraction of sp³-hybridized carbons (Fsp3) is 0.214. The molecule has 1 aromatic carbocycles. The predicted octanol–water partition coefficient (Wildman–Crippen LogP) is 3.21. The summed E-state index contributed by atoms with van der Waals surface area (Å²) in [5.41, 5.74) is 4.34. The van der Waals surface area contributed by atoms with Crippen LogP contribution in [0.1, 0.15) is 23.6 Å². The molecule has 0 fully saturated rings. The van der Waals surface area contributed by atoms with Crippen LogP contribution in [0.2, 0.25) is 0 Å². The van der Waals surface area contributed by atoms with Crippen molar-refractivity contribution >= 4 is 12.0 Å². The largest absolute Gasteiger partial charge is 0.478 e. The first kappa shape index (κ1) is 12.2. The summed E-state index contributed by atoms with van der Waals surface area (Å²) in [7, 11) is 0. The van der Waals surface area contributed by atoms with Gasteiger partial charge in [-0.15, -0.1) is 0 Å². The van der Waals surface area contributed by atoms with Gasteiger partial charge in [-0.2, -0.15) is 0 Å². The number of allylic oxidation sites excluding steroid dienone is 1. The highest BCUT2D eigenvalue weighted by Crippen LogP contribution is 2.15. The maximum absolute atomic E-state index is 10.4. The van der Waals surface area contributed by atoms with E-state index in [1.165, 1.54) is 5.56 Å². The summed E-state index contributed by atoms with van der Waals surface area (Å²) in [4.78, 5) is 10.4. The van der Waals surface area contributed by atoms with E-state index >= 15 is 0 Å². The maximum Gasteiger partial charge on any atom is 0.328 e. The summed E-state index contributed by atoms with van der Waals surface area (Å²) < 4.78 is 0. The second-order valence-electron chi connectivity index (χ2n) is 4.00. The summed E-state index contributed by atoms with van der Waals surface area (Å²) in [5.74, 6) is -0.926. The predicted molar refractivity (Wildman–Crippen MR) is 66.4 cm³/mol. The molecule has 0 bridgehead atoms. The van der Waals surface area contributed by atoms with E-state index in [-0.39, 0.29) is 0 Å². The van der Waals surface area contributed by atoms with Crippen LogP contribution in [0.15, 0.2) is 36.4 Å². The molecule has 0 atom stereocenters. The first-order chi connectivity index (χ1) is 7.49. The van der Waals surface area contributed by atoms with Gasteiger partial charge in [0.2, 0.25) is 0 Å². The lowest BCUT2D eigenvalue weighted by atomic mass is 10.0. The van der Waals surface area contributed by atoms with Gasteiger partial charge in [-0.05, 0) is 43.0 Å². The molecule has 1 N–H and O–H groups in total. The third kappa shape index (κ3) is 3.73. The molecule has 0 aromatic heterocycles. The zero-order valence-corrected chi connectivity index (χ0v) is 9.66. The molecule has 84 valence electrons. The van der Waals surface area contributed by atoms with Crippen molar-refractivity contribution in [3.8, 4) is 0 Å². The Labute approximate surface area is 95.9 Å². The second kappa shape index (κ2) is 5.31. The average molecular weight is 216 g/mol. The molecule has 0 heterocycles. The first-order valence-corrected chi connectivity index (χ1v) is 5.14. The van der Waals surface area contributed by atoms with Gasteiger partial charge in [0.1, 0.15) is 0 Å². The smallest absolute Gasteiger partial charge is 0.328 e. The molecule has 0 spiro atoms. The Morgan fingerprint density at radius 2 is 2.19 bits per heavy atom. The summed E-state index contributed by atoms with van der Waals surface area (Å²) in [6.45, 7) is 7.84. The Balaban J connectivity index is 2.91. The van der Waals surface area contributed by atoms with Gasteiger partial charge in [0.05, 0.1) is 0 Å². The highest BCUT2D eigenvalue weighted by atomic mass is 16.4. The van der Waals surface area contributed by atoms with Crippen molar-refractivity contribution in [2.45, 2.75) is 20.3 Å². The Kier molecular flexibility index (Phi) is 4.06. The molecule has 1 rings (SSSR count). The van der Waals surface area contributed by atoms with E-state index in [1.807, 2.05) is 26.0 Å². The Morgan fingerprint density at radius 3 is 2.69 bits per heavy atom. The van der Waals surface area contributed by atoms with Gasteiger partial charge in [0.15, 0.2) is 0 Å². The lowest BCUT2D eigenvalue weighted by Crippen LogP contribution is -1.90. The number of carboxylic acid groups (broad SMARTS) is 1. The third-order valence-electron chi connectivity index (χ3n) is 2.25. The van der Waals surface area contributed by atoms with E-state index in [0.717, 1.165) is 29.2 Å². The minimum atomic E-state index is -0.926. The molecule has 0 aliphatic carbocycles. The van der Waals surface area contributed by atoms with Crippen LogP contribution in [0, 0.1) is 6.92 Å². The molecule has 2 nitrogen and oxygen atoms in total. The number of hydrogen-bond acceptors (Lipinski definition) is 1. The van der Waals surface area contributed by atoms with Crippen LogP contribution >= 0.6 is 0 Å².